The molecule has 0 atom stereocenters. The highest BCUT2D eigenvalue weighted by Crippen LogP contribution is 2.27. The maximum Gasteiger partial charge on any atom is 0.275 e. The van der Waals surface area contributed by atoms with Crippen LogP contribution in [0.15, 0.2) is 58.2 Å². The van der Waals surface area contributed by atoms with Crippen molar-refractivity contribution in [2.45, 2.75) is 17.6 Å². The Morgan fingerprint density at radius 3 is 2.83 bits per heavy atom. The van der Waals surface area contributed by atoms with Crippen molar-refractivity contribution in [2.75, 3.05) is 0 Å². The van der Waals surface area contributed by atoms with Crippen molar-refractivity contribution in [3.63, 3.8) is 0 Å². The van der Waals surface area contributed by atoms with E-state index in [1.807, 2.05) is 19.1 Å². The van der Waals surface area contributed by atoms with E-state index in [0.717, 1.165) is 16.5 Å². The van der Waals surface area contributed by atoms with Crippen molar-refractivity contribution < 1.29 is 0 Å². The van der Waals surface area contributed by atoms with Gasteiger partial charge in [0.05, 0.1) is 5.75 Å². The third-order valence-corrected chi connectivity index (χ3v) is 5.59. The summed E-state index contributed by atoms with van der Waals surface area (Å²) in [6.45, 7) is 1.82. The molecule has 23 heavy (non-hydrogen) atoms. The minimum absolute atomic E-state index is 0.120. The Bertz CT molecular complexity index is 1070. The topological polar surface area (TPSA) is 47.3 Å². The lowest BCUT2D eigenvalue weighted by Crippen LogP contribution is -2.14. The molecule has 0 saturated carbocycles. The fraction of sp³-hybridized carbons (Fsp3) is 0.118. The van der Waals surface area contributed by atoms with Crippen molar-refractivity contribution in [1.29, 1.82) is 0 Å². The molecule has 0 amide bonds. The van der Waals surface area contributed by atoms with Crippen LogP contribution in [-0.2, 0) is 5.75 Å². The molecule has 0 N–H and O–H groups in total. The van der Waals surface area contributed by atoms with Gasteiger partial charge in [-0.2, -0.15) is 9.61 Å². The zero-order valence-electron chi connectivity index (χ0n) is 12.4. The van der Waals surface area contributed by atoms with Crippen LogP contribution in [0.2, 0.25) is 0 Å². The van der Waals surface area contributed by atoms with Crippen LogP contribution in [0, 0.1) is 6.92 Å². The quantitative estimate of drug-likeness (QED) is 0.531. The number of hydrogen-bond donors (Lipinski definition) is 0. The van der Waals surface area contributed by atoms with Crippen LogP contribution in [-0.4, -0.2) is 14.6 Å². The van der Waals surface area contributed by atoms with Crippen LogP contribution in [0.1, 0.15) is 10.7 Å². The molecule has 0 fully saturated rings. The van der Waals surface area contributed by atoms with Crippen molar-refractivity contribution in [3.05, 3.63) is 69.6 Å². The van der Waals surface area contributed by atoms with Crippen LogP contribution in [0.25, 0.3) is 15.7 Å². The fourth-order valence-electron chi connectivity index (χ4n) is 2.42. The van der Waals surface area contributed by atoms with Gasteiger partial charge in [-0.3, -0.25) is 4.79 Å². The molecule has 4 aromatic rings. The Morgan fingerprint density at radius 2 is 1.96 bits per heavy atom. The number of hydrogen-bond acceptors (Lipinski definition) is 5. The van der Waals surface area contributed by atoms with Crippen molar-refractivity contribution in [1.82, 2.24) is 14.6 Å². The van der Waals surface area contributed by atoms with Crippen LogP contribution in [0.3, 0.4) is 0 Å². The van der Waals surface area contributed by atoms with Gasteiger partial charge in [0.1, 0.15) is 5.01 Å². The molecular weight excluding hydrogens is 326 g/mol. The monoisotopic (exact) mass is 339 g/mol. The highest BCUT2D eigenvalue weighted by Gasteiger charge is 2.08. The number of thioether (sulfide) groups is 1. The van der Waals surface area contributed by atoms with Crippen LogP contribution in [0.5, 0.6) is 0 Å². The molecule has 0 aliphatic carbocycles. The van der Waals surface area contributed by atoms with Gasteiger partial charge >= 0.3 is 0 Å². The van der Waals surface area contributed by atoms with Crippen LogP contribution >= 0.6 is 23.1 Å². The van der Waals surface area contributed by atoms with E-state index in [1.165, 1.54) is 37.6 Å². The Kier molecular flexibility index (Phi) is 3.63. The molecule has 2 heterocycles. The SMILES string of the molecule is Cc1cc(=O)n2nc(CSc3ccc4ccccc4c3)sc2n1. The third-order valence-electron chi connectivity index (χ3n) is 3.50. The number of benzene rings is 2. The van der Waals surface area contributed by atoms with E-state index in [2.05, 4.69) is 40.4 Å². The highest BCUT2D eigenvalue weighted by atomic mass is 32.2. The maximum absolute atomic E-state index is 11.9. The molecule has 0 saturated heterocycles. The van der Waals surface area contributed by atoms with Crippen molar-refractivity contribution in [2.24, 2.45) is 0 Å². The summed E-state index contributed by atoms with van der Waals surface area (Å²) in [6, 6.07) is 16.3. The van der Waals surface area contributed by atoms with Crippen molar-refractivity contribution in [3.8, 4) is 0 Å². The predicted molar refractivity (Wildman–Crippen MR) is 95.4 cm³/mol. The summed E-state index contributed by atoms with van der Waals surface area (Å²) in [5, 5.41) is 7.74. The standard InChI is InChI=1S/C17H13N3OS2/c1-11-8-16(21)20-17(18-11)23-15(19-20)10-22-14-7-6-12-4-2-3-5-13(12)9-14/h2-9H,10H2,1H3. The molecule has 0 aliphatic heterocycles. The van der Waals surface area contributed by atoms with Gasteiger partial charge in [0.25, 0.3) is 5.56 Å². The first-order valence-electron chi connectivity index (χ1n) is 7.17. The summed E-state index contributed by atoms with van der Waals surface area (Å²) in [5.41, 5.74) is 0.609. The van der Waals surface area contributed by atoms with Crippen LogP contribution in [0.4, 0.5) is 0 Å². The molecule has 114 valence electrons. The van der Waals surface area contributed by atoms with E-state index < -0.39 is 0 Å². The fourth-order valence-corrected chi connectivity index (χ4v) is 4.30. The number of rotatable bonds is 3. The maximum atomic E-state index is 11.9. The average molecular weight is 339 g/mol. The number of nitrogens with zero attached hydrogens (tertiary/aromatic N) is 3. The predicted octanol–water partition coefficient (Wildman–Crippen LogP) is 3.90. The first-order chi connectivity index (χ1) is 11.2. The molecule has 0 unspecified atom stereocenters. The lowest BCUT2D eigenvalue weighted by Gasteiger charge is -2.02. The minimum atomic E-state index is -0.120. The molecule has 2 aromatic carbocycles. The Labute approximate surface area is 140 Å². The highest BCUT2D eigenvalue weighted by molar-refractivity contribution is 7.98. The Morgan fingerprint density at radius 1 is 1.13 bits per heavy atom. The van der Waals surface area contributed by atoms with Gasteiger partial charge in [-0.1, -0.05) is 41.7 Å². The molecule has 6 heteroatoms. The second kappa shape index (κ2) is 5.79. The van der Waals surface area contributed by atoms with Gasteiger partial charge in [0.15, 0.2) is 0 Å². The second-order valence-electron chi connectivity index (χ2n) is 5.22. The van der Waals surface area contributed by atoms with E-state index in [-0.39, 0.29) is 5.56 Å². The molecule has 0 bridgehead atoms. The summed E-state index contributed by atoms with van der Waals surface area (Å²) in [5.74, 6) is 0.727. The molecule has 4 nitrogen and oxygen atoms in total. The number of aryl methyl sites for hydroxylation is 1. The molecule has 4 rings (SSSR count). The van der Waals surface area contributed by atoms with Gasteiger partial charge < -0.3 is 0 Å². The van der Waals surface area contributed by atoms with E-state index >= 15 is 0 Å². The summed E-state index contributed by atoms with van der Waals surface area (Å²) < 4.78 is 1.38. The third kappa shape index (κ3) is 2.87. The van der Waals surface area contributed by atoms with E-state index in [9.17, 15) is 4.79 Å². The van der Waals surface area contributed by atoms with Gasteiger partial charge in [-0.05, 0) is 29.8 Å². The Balaban J connectivity index is 1.60. The first kappa shape index (κ1) is 14.4. The molecule has 0 aliphatic rings. The lowest BCUT2D eigenvalue weighted by atomic mass is 10.1. The largest absolute Gasteiger partial charge is 0.275 e. The van der Waals surface area contributed by atoms with E-state index in [1.54, 1.807) is 11.8 Å². The average Bonchev–Trinajstić information content (AvgIpc) is 2.96. The Hall–Kier alpha value is -2.18. The van der Waals surface area contributed by atoms with E-state index in [4.69, 9.17) is 0 Å². The summed E-state index contributed by atoms with van der Waals surface area (Å²) in [4.78, 5) is 18.1. The molecule has 0 spiro atoms. The molecule has 0 radical (unpaired) electrons. The van der Waals surface area contributed by atoms with Gasteiger partial charge in [0, 0.05) is 16.7 Å². The zero-order chi connectivity index (χ0) is 15.8. The lowest BCUT2D eigenvalue weighted by molar-refractivity contribution is 0.870. The molecular formula is C17H13N3OS2. The molecule has 2 aromatic heterocycles. The normalized spacial score (nSPS) is 11.3. The summed E-state index contributed by atoms with van der Waals surface area (Å²) in [7, 11) is 0. The minimum Gasteiger partial charge on any atom is -0.267 e. The van der Waals surface area contributed by atoms with Gasteiger partial charge in [0.2, 0.25) is 4.96 Å². The van der Waals surface area contributed by atoms with Crippen molar-refractivity contribution >= 4 is 38.8 Å². The van der Waals surface area contributed by atoms with Gasteiger partial charge in [-0.25, -0.2) is 4.98 Å². The first-order valence-corrected chi connectivity index (χ1v) is 8.97. The number of aromatic nitrogens is 3. The van der Waals surface area contributed by atoms with E-state index in [0.29, 0.717) is 4.96 Å². The zero-order valence-corrected chi connectivity index (χ0v) is 14.0. The van der Waals surface area contributed by atoms with Gasteiger partial charge in [-0.15, -0.1) is 11.8 Å². The smallest absolute Gasteiger partial charge is 0.267 e. The van der Waals surface area contributed by atoms with Crippen LogP contribution < -0.4 is 5.56 Å². The summed E-state index contributed by atoms with van der Waals surface area (Å²) in [6.07, 6.45) is 0. The number of fused-ring (bicyclic) bond motifs is 2. The summed E-state index contributed by atoms with van der Waals surface area (Å²) >= 11 is 3.19. The second-order valence-corrected chi connectivity index (χ2v) is 7.31.